The molecule has 0 aromatic heterocycles. The van der Waals surface area contributed by atoms with Crippen molar-refractivity contribution in [2.24, 2.45) is 51.8 Å². The zero-order valence-electron chi connectivity index (χ0n) is 31.9. The number of hydrogen-bond acceptors (Lipinski definition) is 5. The van der Waals surface area contributed by atoms with Crippen LogP contribution in [-0.4, -0.2) is 72.4 Å². The van der Waals surface area contributed by atoms with E-state index in [-0.39, 0.29) is 30.4 Å². The third kappa shape index (κ3) is 7.23. The highest BCUT2D eigenvalue weighted by atomic mass is 32.2. The van der Waals surface area contributed by atoms with Gasteiger partial charge in [0.1, 0.15) is 11.5 Å². The summed E-state index contributed by atoms with van der Waals surface area (Å²) in [5, 5.41) is 4.18. The van der Waals surface area contributed by atoms with Crippen LogP contribution in [0.15, 0.2) is 23.3 Å². The summed E-state index contributed by atoms with van der Waals surface area (Å²) in [4.78, 5) is 13.9. The van der Waals surface area contributed by atoms with Crippen LogP contribution < -0.4 is 5.32 Å². The second kappa shape index (κ2) is 15.2. The topological polar surface area (TPSA) is 64.6 Å². The van der Waals surface area contributed by atoms with Crippen LogP contribution in [0.5, 0.6) is 0 Å². The number of fused-ring (bicyclic) bond motifs is 7. The van der Waals surface area contributed by atoms with Gasteiger partial charge in [0.15, 0.2) is 0 Å². The third-order valence-electron chi connectivity index (χ3n) is 15.7. The second-order valence-electron chi connectivity index (χ2n) is 18.4. The van der Waals surface area contributed by atoms with E-state index in [4.69, 9.17) is 4.74 Å². The molecule has 49 heavy (non-hydrogen) atoms. The van der Waals surface area contributed by atoms with Gasteiger partial charge in [-0.2, -0.15) is 0 Å². The Kier molecular flexibility index (Phi) is 11.8. The Balaban J connectivity index is 1.07. The fraction of sp³-hybridized carbons (Fsp3) is 0.881. The van der Waals surface area contributed by atoms with Crippen molar-refractivity contribution in [3.8, 4) is 0 Å². The largest absolute Gasteiger partial charge is 0.616 e. The van der Waals surface area contributed by atoms with E-state index in [1.165, 1.54) is 64.2 Å². The van der Waals surface area contributed by atoms with Crippen LogP contribution in [0.4, 0.5) is 4.39 Å². The number of nitrogens with one attached hydrogen (secondary N) is 1. The van der Waals surface area contributed by atoms with Gasteiger partial charge < -0.3 is 19.5 Å². The van der Waals surface area contributed by atoms with Crippen LogP contribution >= 0.6 is 0 Å². The minimum Gasteiger partial charge on any atom is -0.616 e. The zero-order chi connectivity index (χ0) is 35.0. The Morgan fingerprint density at radius 1 is 0.980 bits per heavy atom. The molecule has 0 aromatic carbocycles. The smallest absolute Gasteiger partial charge is 0.310 e. The Bertz CT molecular complexity index is 1240. The van der Waals surface area contributed by atoms with Crippen molar-refractivity contribution < 1.29 is 18.5 Å². The van der Waals surface area contributed by atoms with E-state index in [1.54, 1.807) is 18.1 Å². The molecule has 5 nitrogen and oxygen atoms in total. The third-order valence-corrected chi connectivity index (χ3v) is 17.0. The minimum atomic E-state index is -0.988. The Morgan fingerprint density at radius 3 is 2.53 bits per heavy atom. The van der Waals surface area contributed by atoms with Gasteiger partial charge in [-0.3, -0.25) is 9.18 Å². The number of ether oxygens (including phenoxy) is 1. The van der Waals surface area contributed by atoms with Crippen LogP contribution in [-0.2, 0) is 20.7 Å². The van der Waals surface area contributed by atoms with Crippen LogP contribution in [0.25, 0.3) is 0 Å². The molecule has 0 saturated heterocycles. The summed E-state index contributed by atoms with van der Waals surface area (Å²) < 4.78 is 30.8. The highest BCUT2D eigenvalue weighted by Gasteiger charge is 2.65. The zero-order valence-corrected chi connectivity index (χ0v) is 32.7. The number of likely N-dealkylation sites (N-methyl/N-ethyl adjacent to an activating group) is 1. The van der Waals surface area contributed by atoms with Gasteiger partial charge in [-0.15, -0.1) is 0 Å². The second-order valence-corrected chi connectivity index (χ2v) is 20.1. The van der Waals surface area contributed by atoms with Gasteiger partial charge in [-0.1, -0.05) is 57.4 Å². The SMILES string of the molecule is CCOC(=O)CC[S+]([O-])CCN(C)CCNC12CCCC1C1CCC3C(C)(CCC4C(C)(C)C(C5=CCC(CF)CC5)=CCC43C)C1CC2. The molecule has 6 aliphatic rings. The summed E-state index contributed by atoms with van der Waals surface area (Å²) in [6.45, 7) is 15.3. The Hall–Kier alpha value is -0.890. The molecule has 0 heterocycles. The van der Waals surface area contributed by atoms with Crippen LogP contribution in [0.1, 0.15) is 125 Å². The maximum absolute atomic E-state index is 13.4. The van der Waals surface area contributed by atoms with Gasteiger partial charge in [0.25, 0.3) is 0 Å². The molecule has 1 N–H and O–H groups in total. The molecule has 0 radical (unpaired) electrons. The van der Waals surface area contributed by atoms with Gasteiger partial charge in [-0.05, 0) is 154 Å². The van der Waals surface area contributed by atoms with E-state index >= 15 is 0 Å². The van der Waals surface area contributed by atoms with Crippen molar-refractivity contribution >= 4 is 17.1 Å². The van der Waals surface area contributed by atoms with Gasteiger partial charge in [0.05, 0.1) is 19.7 Å². The fourth-order valence-electron chi connectivity index (χ4n) is 13.3. The molecule has 4 saturated carbocycles. The minimum absolute atomic E-state index is 0.170. The molecular formula is C42H69FN2O3S. The Labute approximate surface area is 301 Å². The standard InChI is InChI=1S/C42H69FN2O3S/c1-7-48-38(46)19-27-49(47)28-26-45(6)25-24-44-42-20-8-9-35(42)32-14-15-37-40(4,34(32)17-23-42)22-18-36-39(2,3)33(16-21-41(36,37)5)31-12-10-30(29-43)11-13-31/h12,16,30,32,34-37,44H,7-11,13-15,17-29H2,1-6H3. The molecule has 0 bridgehead atoms. The number of rotatable bonds is 13. The molecule has 10 unspecified atom stereocenters. The molecule has 7 heteroatoms. The average molecular weight is 701 g/mol. The number of carbonyl (C=O) groups excluding carboxylic acids is 1. The molecule has 6 aliphatic carbocycles. The first-order valence-electron chi connectivity index (χ1n) is 20.3. The van der Waals surface area contributed by atoms with Crippen molar-refractivity contribution in [3.63, 3.8) is 0 Å². The predicted molar refractivity (Wildman–Crippen MR) is 200 cm³/mol. The van der Waals surface area contributed by atoms with Crippen LogP contribution in [0, 0.1) is 51.8 Å². The molecule has 0 aromatic rings. The number of alkyl halides is 1. The number of esters is 1. The molecule has 0 amide bonds. The lowest BCUT2D eigenvalue weighted by Gasteiger charge is -2.68. The predicted octanol–water partition coefficient (Wildman–Crippen LogP) is 8.66. The van der Waals surface area contributed by atoms with E-state index in [0.717, 1.165) is 68.5 Å². The van der Waals surface area contributed by atoms with Crippen molar-refractivity contribution in [3.05, 3.63) is 23.3 Å². The molecule has 6 rings (SSSR count). The summed E-state index contributed by atoms with van der Waals surface area (Å²) in [6.07, 6.45) is 21.9. The number of allylic oxidation sites excluding steroid dienone is 4. The van der Waals surface area contributed by atoms with Gasteiger partial charge >= 0.3 is 5.97 Å². The van der Waals surface area contributed by atoms with Crippen LogP contribution in [0.3, 0.4) is 0 Å². The highest BCUT2D eigenvalue weighted by molar-refractivity contribution is 7.91. The molecule has 0 aliphatic heterocycles. The average Bonchev–Trinajstić information content (AvgIpc) is 3.51. The van der Waals surface area contributed by atoms with Crippen molar-refractivity contribution in [1.29, 1.82) is 0 Å². The first-order valence-corrected chi connectivity index (χ1v) is 21.8. The summed E-state index contributed by atoms with van der Waals surface area (Å²) in [5.74, 6) is 5.01. The van der Waals surface area contributed by atoms with Crippen molar-refractivity contribution in [2.75, 3.05) is 51.5 Å². The normalized spacial score (nSPS) is 40.3. The first kappa shape index (κ1) is 37.9. The van der Waals surface area contributed by atoms with Crippen molar-refractivity contribution in [1.82, 2.24) is 10.2 Å². The van der Waals surface area contributed by atoms with E-state index in [0.29, 0.717) is 34.5 Å². The lowest BCUT2D eigenvalue weighted by atomic mass is 9.37. The maximum Gasteiger partial charge on any atom is 0.310 e. The quantitative estimate of drug-likeness (QED) is 0.154. The Morgan fingerprint density at radius 2 is 1.80 bits per heavy atom. The van der Waals surface area contributed by atoms with E-state index in [1.807, 2.05) is 0 Å². The molecule has 0 spiro atoms. The summed E-state index contributed by atoms with van der Waals surface area (Å²) >= 11 is -0.988. The summed E-state index contributed by atoms with van der Waals surface area (Å²) in [6, 6.07) is 0. The maximum atomic E-state index is 13.4. The van der Waals surface area contributed by atoms with Gasteiger partial charge in [-0.25, -0.2) is 0 Å². The first-order chi connectivity index (χ1) is 23.4. The molecule has 4 fully saturated rings. The van der Waals surface area contributed by atoms with E-state index in [9.17, 15) is 13.7 Å². The molecule has 10 atom stereocenters. The van der Waals surface area contributed by atoms with Crippen molar-refractivity contribution in [2.45, 2.75) is 130 Å². The number of hydrogen-bond donors (Lipinski definition) is 1. The lowest BCUT2D eigenvalue weighted by Crippen LogP contribution is -2.63. The fourth-order valence-corrected chi connectivity index (χ4v) is 14.5. The van der Waals surface area contributed by atoms with E-state index in [2.05, 4.69) is 57.1 Å². The van der Waals surface area contributed by atoms with Gasteiger partial charge in [0, 0.05) is 25.2 Å². The lowest BCUT2D eigenvalue weighted by molar-refractivity contribution is -0.175. The molecular weight excluding hydrogens is 632 g/mol. The van der Waals surface area contributed by atoms with Gasteiger partial charge in [0.2, 0.25) is 0 Å². The number of halogens is 1. The molecule has 278 valence electrons. The van der Waals surface area contributed by atoms with E-state index < -0.39 is 11.2 Å². The summed E-state index contributed by atoms with van der Waals surface area (Å²) in [5.41, 5.74) is 4.42. The summed E-state index contributed by atoms with van der Waals surface area (Å²) in [7, 11) is 2.14. The highest BCUT2D eigenvalue weighted by Crippen LogP contribution is 2.72. The van der Waals surface area contributed by atoms with Crippen LogP contribution in [0.2, 0.25) is 0 Å². The number of nitrogens with zero attached hydrogens (tertiary/aromatic N) is 1. The monoisotopic (exact) mass is 701 g/mol. The number of carbonyl (C=O) groups is 1.